The van der Waals surface area contributed by atoms with Gasteiger partial charge in [-0.3, -0.25) is 4.79 Å². The number of rotatable bonds is 6. The molecular formula is C19H22N4O2. The molecular weight excluding hydrogens is 316 g/mol. The van der Waals surface area contributed by atoms with E-state index in [1.807, 2.05) is 26.0 Å². The van der Waals surface area contributed by atoms with Crippen LogP contribution in [-0.2, 0) is 17.8 Å². The average molecular weight is 338 g/mol. The predicted molar refractivity (Wildman–Crippen MR) is 95.4 cm³/mol. The fourth-order valence-corrected chi connectivity index (χ4v) is 2.85. The molecule has 0 saturated carbocycles. The first-order valence-electron chi connectivity index (χ1n) is 8.32. The van der Waals surface area contributed by atoms with Crippen molar-refractivity contribution in [3.63, 3.8) is 0 Å². The van der Waals surface area contributed by atoms with Crippen LogP contribution in [0.4, 0.5) is 5.82 Å². The van der Waals surface area contributed by atoms with Gasteiger partial charge in [0, 0.05) is 18.1 Å². The van der Waals surface area contributed by atoms with Crippen LogP contribution in [0.3, 0.4) is 0 Å². The maximum Gasteiger partial charge on any atom is 0.225 e. The van der Waals surface area contributed by atoms with Gasteiger partial charge in [-0.2, -0.15) is 5.10 Å². The molecule has 0 bridgehead atoms. The lowest BCUT2D eigenvalue weighted by molar-refractivity contribution is -0.116. The Balaban J connectivity index is 1.62. The van der Waals surface area contributed by atoms with E-state index in [0.29, 0.717) is 25.2 Å². The molecule has 0 spiro atoms. The summed E-state index contributed by atoms with van der Waals surface area (Å²) in [7, 11) is 0. The summed E-state index contributed by atoms with van der Waals surface area (Å²) in [6, 6.07) is 10.1. The second kappa shape index (κ2) is 7.34. The maximum atomic E-state index is 12.3. The number of nitrogens with one attached hydrogen (secondary N) is 1. The quantitative estimate of drug-likeness (QED) is 0.747. The first kappa shape index (κ1) is 17.0. The van der Waals surface area contributed by atoms with Crippen LogP contribution in [-0.4, -0.2) is 20.8 Å². The number of hydrogen-bond donors (Lipinski definition) is 1. The molecule has 0 aliphatic heterocycles. The van der Waals surface area contributed by atoms with Crippen molar-refractivity contribution in [2.45, 2.75) is 40.2 Å². The Bertz CT molecular complexity index is 860. The molecule has 1 amide bonds. The van der Waals surface area contributed by atoms with Crippen LogP contribution in [0.15, 0.2) is 41.1 Å². The smallest absolute Gasteiger partial charge is 0.225 e. The van der Waals surface area contributed by atoms with Gasteiger partial charge in [0.2, 0.25) is 5.91 Å². The molecule has 1 aromatic carbocycles. The van der Waals surface area contributed by atoms with Crippen molar-refractivity contribution in [2.24, 2.45) is 0 Å². The summed E-state index contributed by atoms with van der Waals surface area (Å²) in [6.45, 7) is 6.43. The minimum absolute atomic E-state index is 0.0500. The van der Waals surface area contributed by atoms with Gasteiger partial charge in [-0.05, 0) is 32.8 Å². The highest BCUT2D eigenvalue weighted by Gasteiger charge is 2.12. The molecule has 0 aliphatic rings. The Labute approximate surface area is 146 Å². The molecule has 25 heavy (non-hydrogen) atoms. The third-order valence-corrected chi connectivity index (χ3v) is 4.18. The molecule has 0 fully saturated rings. The van der Waals surface area contributed by atoms with Gasteiger partial charge in [-0.1, -0.05) is 35.0 Å². The van der Waals surface area contributed by atoms with Crippen molar-refractivity contribution in [2.75, 3.05) is 5.32 Å². The van der Waals surface area contributed by atoms with Crippen LogP contribution >= 0.6 is 0 Å². The molecule has 2 aromatic heterocycles. The van der Waals surface area contributed by atoms with E-state index >= 15 is 0 Å². The second-order valence-electron chi connectivity index (χ2n) is 6.21. The molecule has 130 valence electrons. The molecule has 2 heterocycles. The van der Waals surface area contributed by atoms with Crippen molar-refractivity contribution in [3.05, 3.63) is 64.7 Å². The van der Waals surface area contributed by atoms with E-state index in [9.17, 15) is 4.79 Å². The summed E-state index contributed by atoms with van der Waals surface area (Å²) in [4.78, 5) is 12.3. The average Bonchev–Trinajstić information content (AvgIpc) is 3.13. The molecule has 1 N–H and O–H groups in total. The van der Waals surface area contributed by atoms with Gasteiger partial charge in [0.1, 0.15) is 11.6 Å². The molecule has 0 aliphatic carbocycles. The monoisotopic (exact) mass is 338 g/mol. The van der Waals surface area contributed by atoms with E-state index in [1.54, 1.807) is 10.9 Å². The summed E-state index contributed by atoms with van der Waals surface area (Å²) < 4.78 is 6.93. The highest BCUT2D eigenvalue weighted by Crippen LogP contribution is 2.16. The maximum absolute atomic E-state index is 12.3. The number of aryl methyl sites for hydroxylation is 3. The van der Waals surface area contributed by atoms with Gasteiger partial charge in [0.05, 0.1) is 18.4 Å². The summed E-state index contributed by atoms with van der Waals surface area (Å²) in [5.74, 6) is 1.42. The van der Waals surface area contributed by atoms with Gasteiger partial charge in [0.25, 0.3) is 0 Å². The Hall–Kier alpha value is -2.89. The van der Waals surface area contributed by atoms with E-state index in [0.717, 1.165) is 22.6 Å². The molecule has 0 unspecified atom stereocenters. The zero-order valence-electron chi connectivity index (χ0n) is 14.7. The Morgan fingerprint density at radius 2 is 2.08 bits per heavy atom. The van der Waals surface area contributed by atoms with E-state index < -0.39 is 0 Å². The summed E-state index contributed by atoms with van der Waals surface area (Å²) in [5.41, 5.74) is 4.20. The zero-order valence-corrected chi connectivity index (χ0v) is 14.7. The summed E-state index contributed by atoms with van der Waals surface area (Å²) in [5, 5.41) is 11.2. The number of nitrogens with zero attached hydrogens (tertiary/aromatic N) is 3. The predicted octanol–water partition coefficient (Wildman–Crippen LogP) is 3.42. The van der Waals surface area contributed by atoms with Crippen molar-refractivity contribution in [1.82, 2.24) is 14.9 Å². The zero-order chi connectivity index (χ0) is 17.8. The Morgan fingerprint density at radius 3 is 2.80 bits per heavy atom. The Morgan fingerprint density at radius 1 is 1.24 bits per heavy atom. The number of benzene rings is 1. The van der Waals surface area contributed by atoms with Crippen LogP contribution in [0.2, 0.25) is 0 Å². The lowest BCUT2D eigenvalue weighted by Crippen LogP contribution is -2.16. The standard InChI is InChI=1S/C19H22N4O2/c1-13-5-4-6-16(11-13)12-23-18(9-10-20-23)21-19(24)8-7-17-14(2)22-25-15(17)3/h4-6,9-11H,7-8,12H2,1-3H3,(H,21,24). The van der Waals surface area contributed by atoms with Gasteiger partial charge < -0.3 is 9.84 Å². The Kier molecular flexibility index (Phi) is 4.97. The topological polar surface area (TPSA) is 73.0 Å². The molecule has 6 nitrogen and oxygen atoms in total. The lowest BCUT2D eigenvalue weighted by atomic mass is 10.1. The third-order valence-electron chi connectivity index (χ3n) is 4.18. The largest absolute Gasteiger partial charge is 0.361 e. The second-order valence-corrected chi connectivity index (χ2v) is 6.21. The lowest BCUT2D eigenvalue weighted by Gasteiger charge is -2.09. The molecule has 0 radical (unpaired) electrons. The fraction of sp³-hybridized carbons (Fsp3) is 0.316. The summed E-state index contributed by atoms with van der Waals surface area (Å²) >= 11 is 0. The van der Waals surface area contributed by atoms with Crippen molar-refractivity contribution in [3.8, 4) is 0 Å². The van der Waals surface area contributed by atoms with E-state index in [-0.39, 0.29) is 5.91 Å². The third kappa shape index (κ3) is 4.15. The van der Waals surface area contributed by atoms with Crippen LogP contribution < -0.4 is 5.32 Å². The normalized spacial score (nSPS) is 10.8. The van der Waals surface area contributed by atoms with Crippen LogP contribution in [0.1, 0.15) is 34.6 Å². The van der Waals surface area contributed by atoms with Gasteiger partial charge in [-0.15, -0.1) is 0 Å². The number of carbonyl (C=O) groups is 1. The first-order valence-corrected chi connectivity index (χ1v) is 8.32. The SMILES string of the molecule is Cc1cccc(Cn2nccc2NC(=O)CCc2c(C)noc2C)c1. The van der Waals surface area contributed by atoms with E-state index in [1.165, 1.54) is 5.56 Å². The van der Waals surface area contributed by atoms with E-state index in [2.05, 4.69) is 40.7 Å². The highest BCUT2D eigenvalue weighted by molar-refractivity contribution is 5.90. The first-order chi connectivity index (χ1) is 12.0. The number of amides is 1. The minimum atomic E-state index is -0.0500. The van der Waals surface area contributed by atoms with Crippen molar-refractivity contribution in [1.29, 1.82) is 0 Å². The van der Waals surface area contributed by atoms with E-state index in [4.69, 9.17) is 4.52 Å². The molecule has 0 saturated heterocycles. The molecule has 6 heteroatoms. The molecule has 3 aromatic rings. The van der Waals surface area contributed by atoms with Gasteiger partial charge in [-0.25, -0.2) is 4.68 Å². The van der Waals surface area contributed by atoms with Crippen LogP contribution in [0, 0.1) is 20.8 Å². The van der Waals surface area contributed by atoms with Gasteiger partial charge >= 0.3 is 0 Å². The fourth-order valence-electron chi connectivity index (χ4n) is 2.85. The number of carbonyl (C=O) groups excluding carboxylic acids is 1. The summed E-state index contributed by atoms with van der Waals surface area (Å²) in [6.07, 6.45) is 2.68. The molecule has 0 atom stereocenters. The highest BCUT2D eigenvalue weighted by atomic mass is 16.5. The number of anilines is 1. The number of hydrogen-bond acceptors (Lipinski definition) is 4. The van der Waals surface area contributed by atoms with Crippen LogP contribution in [0.5, 0.6) is 0 Å². The minimum Gasteiger partial charge on any atom is -0.361 e. The van der Waals surface area contributed by atoms with Crippen LogP contribution in [0.25, 0.3) is 0 Å². The number of aromatic nitrogens is 3. The molecule has 3 rings (SSSR count). The van der Waals surface area contributed by atoms with Gasteiger partial charge in [0.15, 0.2) is 0 Å². The van der Waals surface area contributed by atoms with Crippen molar-refractivity contribution >= 4 is 11.7 Å². The van der Waals surface area contributed by atoms with Crippen molar-refractivity contribution < 1.29 is 9.32 Å².